The van der Waals surface area contributed by atoms with Crippen molar-refractivity contribution in [1.82, 2.24) is 20.1 Å². The van der Waals surface area contributed by atoms with Crippen LogP contribution in [0.5, 0.6) is 0 Å². The van der Waals surface area contributed by atoms with Crippen molar-refractivity contribution in [3.8, 4) is 0 Å². The molecule has 1 amide bonds. The molecule has 3 N–H and O–H groups in total. The number of hydrogen-bond acceptors (Lipinski definition) is 5. The summed E-state index contributed by atoms with van der Waals surface area (Å²) in [5.74, 6) is 0.568. The largest absolute Gasteiger partial charge is 0.463 e. The van der Waals surface area contributed by atoms with Crippen molar-refractivity contribution in [2.24, 2.45) is 7.05 Å². The van der Waals surface area contributed by atoms with E-state index < -0.39 is 11.5 Å². The van der Waals surface area contributed by atoms with Crippen LogP contribution in [0.15, 0.2) is 27.4 Å². The lowest BCUT2D eigenvalue weighted by atomic mass is 10.0. The zero-order chi connectivity index (χ0) is 18.4. The van der Waals surface area contributed by atoms with Crippen molar-refractivity contribution < 1.29 is 14.3 Å². The standard InChI is InChI=1S/C17H20N4O4/c1-9-7-11(13-14(19-9)21(4)20-16(13)23)15(22)18-8-17(3,24)12-6-5-10(2)25-12/h5-7,24H,8H2,1-4H3,(H,18,22)(H,20,23). The number of hydrogen-bond donors (Lipinski definition) is 3. The van der Waals surface area contributed by atoms with Crippen LogP contribution in [0.1, 0.15) is 34.5 Å². The zero-order valence-electron chi connectivity index (χ0n) is 14.5. The number of furan rings is 1. The van der Waals surface area contributed by atoms with E-state index in [2.05, 4.69) is 15.4 Å². The van der Waals surface area contributed by atoms with Gasteiger partial charge in [-0.25, -0.2) is 4.98 Å². The summed E-state index contributed by atoms with van der Waals surface area (Å²) in [6.07, 6.45) is 0. The van der Waals surface area contributed by atoms with E-state index in [1.807, 2.05) is 0 Å². The van der Waals surface area contributed by atoms with Crippen LogP contribution in [0.2, 0.25) is 0 Å². The van der Waals surface area contributed by atoms with Crippen molar-refractivity contribution in [2.75, 3.05) is 6.54 Å². The van der Waals surface area contributed by atoms with Crippen LogP contribution < -0.4 is 10.9 Å². The lowest BCUT2D eigenvalue weighted by Crippen LogP contribution is -2.38. The fourth-order valence-corrected chi connectivity index (χ4v) is 2.72. The van der Waals surface area contributed by atoms with Gasteiger partial charge in [0.2, 0.25) is 0 Å². The van der Waals surface area contributed by atoms with Gasteiger partial charge in [-0.2, -0.15) is 0 Å². The van der Waals surface area contributed by atoms with Crippen molar-refractivity contribution >= 4 is 16.9 Å². The maximum atomic E-state index is 12.6. The number of aromatic amines is 1. The zero-order valence-corrected chi connectivity index (χ0v) is 14.5. The Morgan fingerprint density at radius 2 is 2.16 bits per heavy atom. The molecule has 132 valence electrons. The van der Waals surface area contributed by atoms with Gasteiger partial charge in [-0.05, 0) is 39.0 Å². The molecule has 0 radical (unpaired) electrons. The Bertz CT molecular complexity index is 1010. The van der Waals surface area contributed by atoms with Crippen molar-refractivity contribution in [1.29, 1.82) is 0 Å². The van der Waals surface area contributed by atoms with E-state index in [0.29, 0.717) is 22.9 Å². The van der Waals surface area contributed by atoms with Crippen molar-refractivity contribution in [3.05, 3.63) is 51.3 Å². The van der Waals surface area contributed by atoms with E-state index in [-0.39, 0.29) is 23.1 Å². The third-order valence-corrected chi connectivity index (χ3v) is 4.05. The number of carbonyl (C=O) groups is 1. The average Bonchev–Trinajstić information content (AvgIpc) is 3.09. The van der Waals surface area contributed by atoms with Crippen LogP contribution in [0.25, 0.3) is 11.0 Å². The number of carbonyl (C=O) groups excluding carboxylic acids is 1. The van der Waals surface area contributed by atoms with E-state index in [4.69, 9.17) is 4.42 Å². The molecule has 0 aliphatic heterocycles. The molecule has 3 heterocycles. The Morgan fingerprint density at radius 1 is 1.44 bits per heavy atom. The van der Waals surface area contributed by atoms with Gasteiger partial charge in [-0.3, -0.25) is 19.4 Å². The molecule has 8 heteroatoms. The van der Waals surface area contributed by atoms with Gasteiger partial charge in [0.15, 0.2) is 5.65 Å². The van der Waals surface area contributed by atoms with E-state index in [0.717, 1.165) is 0 Å². The highest BCUT2D eigenvalue weighted by Crippen LogP contribution is 2.22. The number of nitrogens with zero attached hydrogens (tertiary/aromatic N) is 2. The summed E-state index contributed by atoms with van der Waals surface area (Å²) in [5.41, 5.74) is -0.516. The molecule has 0 aliphatic rings. The highest BCUT2D eigenvalue weighted by atomic mass is 16.4. The monoisotopic (exact) mass is 344 g/mol. The molecule has 0 spiro atoms. The normalized spacial score (nSPS) is 13.8. The average molecular weight is 344 g/mol. The van der Waals surface area contributed by atoms with E-state index in [1.165, 1.54) is 4.68 Å². The number of amides is 1. The molecule has 0 bridgehead atoms. The van der Waals surface area contributed by atoms with E-state index in [9.17, 15) is 14.7 Å². The summed E-state index contributed by atoms with van der Waals surface area (Å²) in [4.78, 5) is 29.0. The Balaban J connectivity index is 1.89. The Labute approximate surface area is 143 Å². The molecule has 0 fully saturated rings. The molecule has 1 unspecified atom stereocenters. The highest BCUT2D eigenvalue weighted by molar-refractivity contribution is 6.05. The van der Waals surface area contributed by atoms with Gasteiger partial charge in [-0.15, -0.1) is 0 Å². The minimum Gasteiger partial charge on any atom is -0.463 e. The fourth-order valence-electron chi connectivity index (χ4n) is 2.72. The van der Waals surface area contributed by atoms with Gasteiger partial charge in [0, 0.05) is 12.7 Å². The fraction of sp³-hybridized carbons (Fsp3) is 0.353. The number of H-pyrrole nitrogens is 1. The lowest BCUT2D eigenvalue weighted by molar-refractivity contribution is 0.0323. The molecular formula is C17H20N4O4. The first kappa shape index (κ1) is 17.0. The number of aryl methyl sites for hydroxylation is 3. The van der Waals surface area contributed by atoms with Crippen LogP contribution in [0.4, 0.5) is 0 Å². The number of rotatable bonds is 4. The Kier molecular flexibility index (Phi) is 4.00. The van der Waals surface area contributed by atoms with Crippen LogP contribution in [0, 0.1) is 13.8 Å². The number of fused-ring (bicyclic) bond motifs is 1. The van der Waals surface area contributed by atoms with Gasteiger partial charge in [0.25, 0.3) is 11.5 Å². The minimum absolute atomic E-state index is 0.0631. The molecule has 0 saturated carbocycles. The van der Waals surface area contributed by atoms with Gasteiger partial charge >= 0.3 is 0 Å². The number of nitrogens with one attached hydrogen (secondary N) is 2. The van der Waals surface area contributed by atoms with Crippen LogP contribution in [-0.2, 0) is 12.6 Å². The molecule has 1 atom stereocenters. The SMILES string of the molecule is Cc1cc(C(=O)NCC(C)(O)c2ccc(C)o2)c2c(=O)[nH]n(C)c2n1. The molecule has 25 heavy (non-hydrogen) atoms. The van der Waals surface area contributed by atoms with E-state index >= 15 is 0 Å². The summed E-state index contributed by atoms with van der Waals surface area (Å²) in [5, 5.41) is 16.0. The second-order valence-corrected chi connectivity index (χ2v) is 6.38. The maximum absolute atomic E-state index is 12.6. The van der Waals surface area contributed by atoms with Crippen LogP contribution in [-0.4, -0.2) is 32.3 Å². The summed E-state index contributed by atoms with van der Waals surface area (Å²) in [6.45, 7) is 5.01. The summed E-state index contributed by atoms with van der Waals surface area (Å²) in [7, 11) is 1.65. The number of pyridine rings is 1. The Hall–Kier alpha value is -2.87. The molecule has 3 aromatic rings. The van der Waals surface area contributed by atoms with E-state index in [1.54, 1.807) is 46.0 Å². The number of aromatic nitrogens is 3. The first-order valence-corrected chi connectivity index (χ1v) is 7.83. The lowest BCUT2D eigenvalue weighted by Gasteiger charge is -2.21. The predicted octanol–water partition coefficient (Wildman–Crippen LogP) is 1.11. The van der Waals surface area contributed by atoms with Gasteiger partial charge in [0.1, 0.15) is 17.1 Å². The number of aliphatic hydroxyl groups is 1. The van der Waals surface area contributed by atoms with Gasteiger partial charge in [-0.1, -0.05) is 0 Å². The smallest absolute Gasteiger partial charge is 0.274 e. The predicted molar refractivity (Wildman–Crippen MR) is 91.4 cm³/mol. The molecule has 0 aliphatic carbocycles. The molecule has 3 aromatic heterocycles. The van der Waals surface area contributed by atoms with Gasteiger partial charge in [0.05, 0.1) is 17.5 Å². The third-order valence-electron chi connectivity index (χ3n) is 4.05. The molecule has 3 rings (SSSR count). The molecular weight excluding hydrogens is 324 g/mol. The summed E-state index contributed by atoms with van der Waals surface area (Å²) >= 11 is 0. The quantitative estimate of drug-likeness (QED) is 0.656. The molecule has 0 saturated heterocycles. The first-order chi connectivity index (χ1) is 11.7. The minimum atomic E-state index is -1.37. The molecule has 0 aromatic carbocycles. The summed E-state index contributed by atoms with van der Waals surface area (Å²) in [6, 6.07) is 4.96. The highest BCUT2D eigenvalue weighted by Gasteiger charge is 2.28. The van der Waals surface area contributed by atoms with Crippen LogP contribution in [0.3, 0.4) is 0 Å². The Morgan fingerprint density at radius 3 is 2.80 bits per heavy atom. The van der Waals surface area contributed by atoms with Crippen LogP contribution >= 0.6 is 0 Å². The summed E-state index contributed by atoms with van der Waals surface area (Å²) < 4.78 is 6.90. The second-order valence-electron chi connectivity index (χ2n) is 6.38. The van der Waals surface area contributed by atoms with Crippen molar-refractivity contribution in [2.45, 2.75) is 26.4 Å². The first-order valence-electron chi connectivity index (χ1n) is 7.83. The van der Waals surface area contributed by atoms with Gasteiger partial charge < -0.3 is 14.8 Å². The topological polar surface area (TPSA) is 113 Å². The van der Waals surface area contributed by atoms with Crippen molar-refractivity contribution in [3.63, 3.8) is 0 Å². The second kappa shape index (κ2) is 5.89. The maximum Gasteiger partial charge on any atom is 0.274 e. The molecule has 8 nitrogen and oxygen atoms in total. The third kappa shape index (κ3) is 3.08.